The molecule has 420 valence electrons. The van der Waals surface area contributed by atoms with Crippen molar-refractivity contribution in [2.75, 3.05) is 19.1 Å². The van der Waals surface area contributed by atoms with Gasteiger partial charge in [0.15, 0.2) is 0 Å². The van der Waals surface area contributed by atoms with Crippen LogP contribution in [0, 0.1) is 0 Å². The molecule has 3 N–H and O–H groups in total. The van der Waals surface area contributed by atoms with E-state index in [4.69, 9.17) is 60.2 Å². The van der Waals surface area contributed by atoms with E-state index >= 15 is 0 Å². The van der Waals surface area contributed by atoms with E-state index in [1.165, 1.54) is 71.3 Å². The van der Waals surface area contributed by atoms with Gasteiger partial charge in [0.25, 0.3) is 0 Å². The van der Waals surface area contributed by atoms with Gasteiger partial charge in [-0.15, -0.1) is 0 Å². The predicted molar refractivity (Wildman–Crippen MR) is 325 cm³/mol. The summed E-state index contributed by atoms with van der Waals surface area (Å²) in [7, 11) is 2.80. The number of hydrogen-bond acceptors (Lipinski definition) is 12. The highest BCUT2D eigenvalue weighted by molar-refractivity contribution is 9.10. The standard InChI is InChI=1S/C32H31Cl2N3O3.C20H23Cl2N3O.C12H9BrO2/c1-39-32(38)21-8-7-20-14-23(10-9-19(20)13-21)37-24-11-12-25(37)16-22(15-24)35-17-26-30(36-40-31(26)18-5-6-18)29-27(33)3-2-4-28(29)34;21-16-2-1-3-17(22)18(16)19-15(20(26-25-19)11-4-5-11)10-23-14-8-12-6-7-13(9-14)24-12;1-15-12(14)10-3-2-9-7-11(13)5-4-8(9)6-10/h2-4,7-10,13-14,18,22,24-25,35H,5-6,11-12,15-17H2,1H3;1-3,11-14,23-24H,4-10H2;2-7H,1H3. The summed E-state index contributed by atoms with van der Waals surface area (Å²) >= 11 is 29.4. The Labute approximate surface area is 500 Å². The number of piperidine rings is 2. The third-order valence-corrected chi connectivity index (χ3v) is 18.8. The summed E-state index contributed by atoms with van der Waals surface area (Å²) in [4.78, 5) is 25.9. The van der Waals surface area contributed by atoms with E-state index in [1.807, 2.05) is 84.9 Å². The number of fused-ring (bicyclic) bond motifs is 6. The first-order chi connectivity index (χ1) is 39.4. The van der Waals surface area contributed by atoms with Crippen LogP contribution >= 0.6 is 62.3 Å². The van der Waals surface area contributed by atoms with Gasteiger partial charge in [-0.2, -0.15) is 0 Å². The first-order valence-corrected chi connectivity index (χ1v) is 30.5. The Morgan fingerprint density at radius 3 is 1.47 bits per heavy atom. The maximum atomic E-state index is 11.9. The van der Waals surface area contributed by atoms with Gasteiger partial charge in [-0.05, 0) is 171 Å². The third kappa shape index (κ3) is 12.3. The zero-order chi connectivity index (χ0) is 55.9. The zero-order valence-corrected chi connectivity index (χ0v) is 49.7. The van der Waals surface area contributed by atoms with Crippen molar-refractivity contribution < 1.29 is 28.1 Å². The van der Waals surface area contributed by atoms with Gasteiger partial charge in [-0.1, -0.05) is 109 Å². The van der Waals surface area contributed by atoms with Gasteiger partial charge in [0.1, 0.15) is 22.9 Å². The van der Waals surface area contributed by atoms with Crippen LogP contribution in [-0.2, 0) is 22.6 Å². The van der Waals surface area contributed by atoms with Gasteiger partial charge < -0.3 is 39.4 Å². The molecule has 4 saturated heterocycles. The third-order valence-electron chi connectivity index (χ3n) is 17.0. The lowest BCUT2D eigenvalue weighted by atomic mass is 9.95. The number of methoxy groups -OCH3 is 2. The van der Waals surface area contributed by atoms with Crippen molar-refractivity contribution in [2.24, 2.45) is 0 Å². The molecule has 4 bridgehead atoms. The Kier molecular flexibility index (Phi) is 16.9. The fraction of sp³-hybridized carbons (Fsp3) is 0.375. The number of anilines is 1. The van der Waals surface area contributed by atoms with E-state index < -0.39 is 0 Å². The van der Waals surface area contributed by atoms with Crippen LogP contribution in [0.5, 0.6) is 0 Å². The van der Waals surface area contributed by atoms with Crippen LogP contribution in [0.4, 0.5) is 5.69 Å². The van der Waals surface area contributed by atoms with E-state index in [0.29, 0.717) is 85.8 Å². The first-order valence-electron chi connectivity index (χ1n) is 28.2. The molecule has 6 aromatic carbocycles. The molecule has 2 aliphatic carbocycles. The smallest absolute Gasteiger partial charge is 0.337 e. The summed E-state index contributed by atoms with van der Waals surface area (Å²) in [5.74, 6) is 2.31. The molecular weight excluding hydrogens is 1170 g/mol. The molecule has 6 aliphatic rings. The van der Waals surface area contributed by atoms with Gasteiger partial charge in [-0.25, -0.2) is 9.59 Å². The number of hydrogen-bond donors (Lipinski definition) is 3. The van der Waals surface area contributed by atoms with Crippen molar-refractivity contribution in [1.82, 2.24) is 26.3 Å². The van der Waals surface area contributed by atoms with Crippen LogP contribution in [0.15, 0.2) is 123 Å². The maximum Gasteiger partial charge on any atom is 0.337 e. The van der Waals surface area contributed by atoms with Crippen molar-refractivity contribution >= 4 is 102 Å². The van der Waals surface area contributed by atoms with Crippen LogP contribution < -0.4 is 20.9 Å². The number of esters is 2. The minimum Gasteiger partial charge on any atom is -0.465 e. The SMILES string of the molecule is COC(=O)c1ccc2cc(Br)ccc2c1.COC(=O)c1ccc2cc(N3C4CCC3CC(NCc3c(-c5c(Cl)cccc5Cl)noc3C3CC3)C4)ccc2c1.Clc1cccc(Cl)c1-c1noc(C2CC2)c1CNC1CC2CCC(C1)N2. The van der Waals surface area contributed by atoms with E-state index in [2.05, 4.69) is 70.0 Å². The van der Waals surface area contributed by atoms with Gasteiger partial charge in [0.2, 0.25) is 0 Å². The van der Waals surface area contributed by atoms with Crippen molar-refractivity contribution in [3.63, 3.8) is 0 Å². The summed E-state index contributed by atoms with van der Waals surface area (Å²) in [6.45, 7) is 1.45. The number of nitrogens with one attached hydrogen (secondary N) is 3. The van der Waals surface area contributed by atoms with Gasteiger partial charge in [-0.3, -0.25) is 0 Å². The topological polar surface area (TPSA) is 144 Å². The molecule has 6 heterocycles. The number of rotatable bonds is 13. The molecule has 0 amide bonds. The highest BCUT2D eigenvalue weighted by Crippen LogP contribution is 2.48. The Morgan fingerprint density at radius 2 is 1.00 bits per heavy atom. The summed E-state index contributed by atoms with van der Waals surface area (Å²) in [6, 6.07) is 38.2. The van der Waals surface area contributed by atoms with Crippen LogP contribution in [0.1, 0.15) is 132 Å². The van der Waals surface area contributed by atoms with Crippen LogP contribution in [0.2, 0.25) is 20.1 Å². The van der Waals surface area contributed by atoms with Crippen LogP contribution in [-0.4, -0.2) is 72.7 Å². The Hall–Kier alpha value is -5.48. The molecule has 0 radical (unpaired) electrons. The molecule has 0 spiro atoms. The summed E-state index contributed by atoms with van der Waals surface area (Å²) in [5.41, 5.74) is 7.73. The van der Waals surface area contributed by atoms with Crippen molar-refractivity contribution in [1.29, 1.82) is 0 Å². The molecule has 4 aliphatic heterocycles. The van der Waals surface area contributed by atoms with Gasteiger partial charge in [0.05, 0.1) is 45.4 Å². The molecule has 4 unspecified atom stereocenters. The molecule has 6 fully saturated rings. The molecular formula is C64H63BrCl4N6O6. The maximum absolute atomic E-state index is 11.9. The Morgan fingerprint density at radius 1 is 0.568 bits per heavy atom. The fourth-order valence-electron chi connectivity index (χ4n) is 12.7. The molecule has 8 aromatic rings. The summed E-state index contributed by atoms with van der Waals surface area (Å²) in [6.07, 6.45) is 14.2. The molecule has 14 rings (SSSR count). The first kappa shape index (κ1) is 56.0. The minimum atomic E-state index is -0.309. The second kappa shape index (κ2) is 24.4. The predicted octanol–water partition coefficient (Wildman–Crippen LogP) is 16.0. The molecule has 2 aromatic heterocycles. The number of carbonyl (C=O) groups excluding carboxylic acids is 2. The summed E-state index contributed by atoms with van der Waals surface area (Å²) < 4.78 is 22.2. The number of halogens is 5. The second-order valence-electron chi connectivity index (χ2n) is 22.5. The zero-order valence-electron chi connectivity index (χ0n) is 45.1. The van der Waals surface area contributed by atoms with Crippen molar-refractivity contribution in [3.8, 4) is 22.5 Å². The van der Waals surface area contributed by atoms with Crippen molar-refractivity contribution in [3.05, 3.63) is 168 Å². The minimum absolute atomic E-state index is 0.306. The lowest BCUT2D eigenvalue weighted by Gasteiger charge is -2.41. The fourth-order valence-corrected chi connectivity index (χ4v) is 14.3. The normalized spacial score (nSPS) is 21.8. The Bertz CT molecular complexity index is 3570. The van der Waals surface area contributed by atoms with Gasteiger partial charge >= 0.3 is 11.9 Å². The number of aromatic nitrogens is 2. The molecule has 17 heteroatoms. The van der Waals surface area contributed by atoms with Crippen LogP contribution in [0.3, 0.4) is 0 Å². The quantitative estimate of drug-likeness (QED) is 0.0945. The Balaban J connectivity index is 0.000000135. The molecule has 12 nitrogen and oxygen atoms in total. The van der Waals surface area contributed by atoms with E-state index in [1.54, 1.807) is 6.07 Å². The number of carbonyl (C=O) groups is 2. The van der Waals surface area contributed by atoms with E-state index in [9.17, 15) is 9.59 Å². The van der Waals surface area contributed by atoms with Gasteiger partial charge in [0, 0.05) is 93.6 Å². The molecule has 4 atom stereocenters. The van der Waals surface area contributed by atoms with Crippen LogP contribution in [0.25, 0.3) is 44.1 Å². The van der Waals surface area contributed by atoms with Crippen molar-refractivity contribution in [2.45, 2.75) is 138 Å². The lowest BCUT2D eigenvalue weighted by molar-refractivity contribution is 0.0592. The summed E-state index contributed by atoms with van der Waals surface area (Å²) in [5, 5.41) is 26.9. The van der Waals surface area contributed by atoms with E-state index in [0.717, 1.165) is 103 Å². The highest BCUT2D eigenvalue weighted by atomic mass is 79.9. The molecule has 81 heavy (non-hydrogen) atoms. The lowest BCUT2D eigenvalue weighted by Crippen LogP contribution is -2.49. The average molecular weight is 1230 g/mol. The monoisotopic (exact) mass is 1230 g/mol. The largest absolute Gasteiger partial charge is 0.465 e. The highest BCUT2D eigenvalue weighted by Gasteiger charge is 2.42. The molecule has 2 saturated carbocycles. The number of nitrogens with zero attached hydrogens (tertiary/aromatic N) is 3. The second-order valence-corrected chi connectivity index (χ2v) is 25.0. The van der Waals surface area contributed by atoms with E-state index in [-0.39, 0.29) is 11.9 Å². The number of benzene rings is 6. The average Bonchev–Trinajstić information content (AvgIpc) is 4.59. The number of ether oxygens (including phenoxy) is 2.